The van der Waals surface area contributed by atoms with Gasteiger partial charge in [-0.1, -0.05) is 0 Å². The van der Waals surface area contributed by atoms with Crippen LogP contribution in [0.2, 0.25) is 0 Å². The predicted octanol–water partition coefficient (Wildman–Crippen LogP) is 2.57. The summed E-state index contributed by atoms with van der Waals surface area (Å²) >= 11 is 0. The van der Waals surface area contributed by atoms with Gasteiger partial charge in [0.2, 0.25) is 0 Å². The summed E-state index contributed by atoms with van der Waals surface area (Å²) in [6.07, 6.45) is -5.45. The van der Waals surface area contributed by atoms with Gasteiger partial charge in [-0.15, -0.1) is 0 Å². The molecule has 1 amide bonds. The zero-order chi connectivity index (χ0) is 14.1. The van der Waals surface area contributed by atoms with Crippen LogP contribution in [0, 0.1) is 0 Å². The largest absolute Gasteiger partial charge is 0.444 e. The highest BCUT2D eigenvalue weighted by Gasteiger charge is 2.43. The molecule has 0 aromatic heterocycles. The third kappa shape index (κ3) is 4.36. The Morgan fingerprint density at radius 1 is 1.33 bits per heavy atom. The van der Waals surface area contributed by atoms with Crippen molar-refractivity contribution in [2.45, 2.75) is 51.6 Å². The molecule has 1 fully saturated rings. The summed E-state index contributed by atoms with van der Waals surface area (Å²) in [5, 5.41) is 0. The molecule has 0 spiro atoms. The Morgan fingerprint density at radius 2 is 1.89 bits per heavy atom. The number of hydrogen-bond acceptors (Lipinski definition) is 3. The summed E-state index contributed by atoms with van der Waals surface area (Å²) in [5.41, 5.74) is -0.616. The minimum atomic E-state index is -4.34. The first-order chi connectivity index (χ1) is 7.99. The van der Waals surface area contributed by atoms with Crippen molar-refractivity contribution in [2.75, 3.05) is 13.2 Å². The van der Waals surface area contributed by atoms with E-state index in [0.29, 0.717) is 0 Å². The van der Waals surface area contributed by atoms with Gasteiger partial charge in [-0.2, -0.15) is 13.2 Å². The molecule has 18 heavy (non-hydrogen) atoms. The number of likely N-dealkylation sites (tertiary alicyclic amines) is 1. The van der Waals surface area contributed by atoms with Crippen LogP contribution >= 0.6 is 0 Å². The number of ether oxygens (including phenoxy) is 2. The molecule has 1 aliphatic heterocycles. The summed E-state index contributed by atoms with van der Waals surface area (Å²) in [7, 11) is 0. The summed E-state index contributed by atoms with van der Waals surface area (Å²) in [4.78, 5) is 13.0. The van der Waals surface area contributed by atoms with Crippen molar-refractivity contribution in [3.63, 3.8) is 0 Å². The van der Waals surface area contributed by atoms with E-state index in [1.165, 1.54) is 4.90 Å². The number of halogens is 3. The lowest BCUT2D eigenvalue weighted by Crippen LogP contribution is -2.62. The highest BCUT2D eigenvalue weighted by Crippen LogP contribution is 2.26. The summed E-state index contributed by atoms with van der Waals surface area (Å²) in [5.74, 6) is 0. The van der Waals surface area contributed by atoms with Crippen molar-refractivity contribution in [1.82, 2.24) is 4.90 Å². The molecule has 0 aromatic rings. The van der Waals surface area contributed by atoms with E-state index in [9.17, 15) is 18.0 Å². The van der Waals surface area contributed by atoms with Gasteiger partial charge in [-0.25, -0.2) is 4.79 Å². The molecular weight excluding hydrogens is 251 g/mol. The number of amides is 1. The Balaban J connectivity index is 2.37. The number of hydrogen-bond donors (Lipinski definition) is 0. The zero-order valence-electron chi connectivity index (χ0n) is 10.9. The molecular formula is C11H18F3NO3. The van der Waals surface area contributed by atoms with Crippen LogP contribution in [0.5, 0.6) is 0 Å². The fourth-order valence-electron chi connectivity index (χ4n) is 1.53. The normalized spacial score (nSPS) is 24.7. The summed E-state index contributed by atoms with van der Waals surface area (Å²) < 4.78 is 45.7. The fourth-order valence-corrected chi connectivity index (χ4v) is 1.53. The van der Waals surface area contributed by atoms with Crippen molar-refractivity contribution in [2.24, 2.45) is 0 Å². The van der Waals surface area contributed by atoms with Crippen LogP contribution in [0.15, 0.2) is 0 Å². The second-order valence-electron chi connectivity index (χ2n) is 5.34. The first-order valence-corrected chi connectivity index (χ1v) is 5.67. The van der Waals surface area contributed by atoms with Gasteiger partial charge in [0, 0.05) is 0 Å². The molecule has 106 valence electrons. The fraction of sp³-hybridized carbons (Fsp3) is 0.909. The number of carbonyl (C=O) groups excluding carboxylic acids is 1. The first-order valence-electron chi connectivity index (χ1n) is 5.67. The van der Waals surface area contributed by atoms with E-state index in [2.05, 4.69) is 0 Å². The second kappa shape index (κ2) is 4.95. The third-order valence-electron chi connectivity index (χ3n) is 2.50. The highest BCUT2D eigenvalue weighted by molar-refractivity contribution is 5.69. The van der Waals surface area contributed by atoms with Gasteiger partial charge in [-0.3, -0.25) is 0 Å². The standard InChI is InChI=1S/C11H18F3NO3/c1-7-8(17-6-11(12,13)14)5-15(7)9(16)18-10(2,3)4/h7-8H,5-6H2,1-4H3. The van der Waals surface area contributed by atoms with E-state index in [1.54, 1.807) is 27.7 Å². The third-order valence-corrected chi connectivity index (χ3v) is 2.50. The van der Waals surface area contributed by atoms with Crippen LogP contribution in [0.3, 0.4) is 0 Å². The van der Waals surface area contributed by atoms with E-state index < -0.39 is 36.6 Å². The van der Waals surface area contributed by atoms with Gasteiger partial charge in [0.15, 0.2) is 0 Å². The average Bonchev–Trinajstić information content (AvgIpc) is 2.10. The lowest BCUT2D eigenvalue weighted by atomic mass is 10.0. The molecule has 1 rings (SSSR count). The van der Waals surface area contributed by atoms with Gasteiger partial charge in [0.05, 0.1) is 18.7 Å². The van der Waals surface area contributed by atoms with Crippen molar-refractivity contribution in [3.05, 3.63) is 0 Å². The van der Waals surface area contributed by atoms with Crippen molar-refractivity contribution < 1.29 is 27.4 Å². The quantitative estimate of drug-likeness (QED) is 0.773. The Labute approximate surface area is 104 Å². The molecule has 0 aromatic carbocycles. The van der Waals surface area contributed by atoms with Crippen LogP contribution < -0.4 is 0 Å². The molecule has 0 saturated carbocycles. The smallest absolute Gasteiger partial charge is 0.411 e. The number of alkyl halides is 3. The molecule has 7 heteroatoms. The SMILES string of the molecule is CC1C(OCC(F)(F)F)CN1C(=O)OC(C)(C)C. The molecule has 1 heterocycles. The first kappa shape index (κ1) is 15.1. The van der Waals surface area contributed by atoms with Crippen LogP contribution in [-0.4, -0.2) is 48.1 Å². The Hall–Kier alpha value is -0.980. The van der Waals surface area contributed by atoms with E-state index in [1.807, 2.05) is 0 Å². The predicted molar refractivity (Wildman–Crippen MR) is 58.2 cm³/mol. The minimum absolute atomic E-state index is 0.131. The number of carbonyl (C=O) groups is 1. The monoisotopic (exact) mass is 269 g/mol. The molecule has 1 aliphatic rings. The maximum Gasteiger partial charge on any atom is 0.411 e. The molecule has 0 aliphatic carbocycles. The number of nitrogens with zero attached hydrogens (tertiary/aromatic N) is 1. The van der Waals surface area contributed by atoms with Gasteiger partial charge >= 0.3 is 12.3 Å². The van der Waals surface area contributed by atoms with Crippen LogP contribution in [0.25, 0.3) is 0 Å². The van der Waals surface area contributed by atoms with E-state index in [0.717, 1.165) is 0 Å². The van der Waals surface area contributed by atoms with Gasteiger partial charge in [-0.05, 0) is 27.7 Å². The summed E-state index contributed by atoms with van der Waals surface area (Å²) in [6, 6.07) is -0.401. The van der Waals surface area contributed by atoms with Crippen LogP contribution in [0.4, 0.5) is 18.0 Å². The topological polar surface area (TPSA) is 38.8 Å². The minimum Gasteiger partial charge on any atom is -0.444 e. The molecule has 0 N–H and O–H groups in total. The maximum atomic E-state index is 12.0. The van der Waals surface area contributed by atoms with Crippen LogP contribution in [-0.2, 0) is 9.47 Å². The van der Waals surface area contributed by atoms with Gasteiger partial charge < -0.3 is 14.4 Å². The Morgan fingerprint density at radius 3 is 2.28 bits per heavy atom. The zero-order valence-corrected chi connectivity index (χ0v) is 10.9. The van der Waals surface area contributed by atoms with Crippen LogP contribution in [0.1, 0.15) is 27.7 Å². The molecule has 0 bridgehead atoms. The lowest BCUT2D eigenvalue weighted by Gasteiger charge is -2.45. The molecule has 2 unspecified atom stereocenters. The number of rotatable bonds is 2. The van der Waals surface area contributed by atoms with Crippen molar-refractivity contribution in [3.8, 4) is 0 Å². The van der Waals surface area contributed by atoms with Gasteiger partial charge in [0.25, 0.3) is 0 Å². The highest BCUT2D eigenvalue weighted by atomic mass is 19.4. The van der Waals surface area contributed by atoms with Crippen molar-refractivity contribution >= 4 is 6.09 Å². The lowest BCUT2D eigenvalue weighted by molar-refractivity contribution is -0.206. The molecule has 1 saturated heterocycles. The van der Waals surface area contributed by atoms with E-state index in [4.69, 9.17) is 9.47 Å². The average molecular weight is 269 g/mol. The molecule has 2 atom stereocenters. The van der Waals surface area contributed by atoms with Gasteiger partial charge in [0.1, 0.15) is 12.2 Å². The van der Waals surface area contributed by atoms with E-state index >= 15 is 0 Å². The van der Waals surface area contributed by atoms with Crippen molar-refractivity contribution in [1.29, 1.82) is 0 Å². The second-order valence-corrected chi connectivity index (χ2v) is 5.34. The maximum absolute atomic E-state index is 12.0. The summed E-state index contributed by atoms with van der Waals surface area (Å²) in [6.45, 7) is 5.66. The molecule has 4 nitrogen and oxygen atoms in total. The van der Waals surface area contributed by atoms with E-state index in [-0.39, 0.29) is 6.54 Å². The Kier molecular flexibility index (Phi) is 4.15. The molecule has 0 radical (unpaired) electrons. The Bertz CT molecular complexity index is 312.